The summed E-state index contributed by atoms with van der Waals surface area (Å²) >= 11 is 1.68. The minimum atomic E-state index is -0.785. The first kappa shape index (κ1) is 17.4. The van der Waals surface area contributed by atoms with Crippen LogP contribution in [-0.4, -0.2) is 22.8 Å². The molecule has 0 unspecified atom stereocenters. The van der Waals surface area contributed by atoms with Gasteiger partial charge in [0.05, 0.1) is 0 Å². The van der Waals surface area contributed by atoms with E-state index < -0.39 is 6.10 Å². The normalized spacial score (nSPS) is 12.2. The summed E-state index contributed by atoms with van der Waals surface area (Å²) in [6.45, 7) is 3.50. The molecule has 0 radical (unpaired) electrons. The average Bonchev–Trinajstić information content (AvgIpc) is 3.20. The van der Waals surface area contributed by atoms with Gasteiger partial charge in [0.15, 0.2) is 6.10 Å². The van der Waals surface area contributed by atoms with Crippen LogP contribution >= 0.6 is 11.3 Å². The number of aryl methyl sites for hydroxylation is 2. The van der Waals surface area contributed by atoms with E-state index in [0.717, 1.165) is 29.4 Å². The molecule has 5 heteroatoms. The van der Waals surface area contributed by atoms with Crippen molar-refractivity contribution in [3.05, 3.63) is 57.9 Å². The first-order chi connectivity index (χ1) is 12.1. The smallest absolute Gasteiger partial charge is 0.306 e. The maximum Gasteiger partial charge on any atom is 0.306 e. The zero-order valence-corrected chi connectivity index (χ0v) is 15.2. The number of ketones is 1. The third kappa shape index (κ3) is 3.99. The third-order valence-corrected chi connectivity index (χ3v) is 5.14. The van der Waals surface area contributed by atoms with Crippen LogP contribution in [0.15, 0.2) is 41.8 Å². The largest absolute Gasteiger partial charge is 0.454 e. The summed E-state index contributed by atoms with van der Waals surface area (Å²) < 4.78 is 5.36. The lowest BCUT2D eigenvalue weighted by Gasteiger charge is -2.12. The number of aromatic nitrogens is 1. The zero-order valence-electron chi connectivity index (χ0n) is 14.4. The topological polar surface area (TPSA) is 59.2 Å². The fourth-order valence-corrected chi connectivity index (χ4v) is 3.72. The molecule has 0 aliphatic rings. The van der Waals surface area contributed by atoms with E-state index in [1.807, 2.05) is 42.6 Å². The monoisotopic (exact) mass is 355 g/mol. The van der Waals surface area contributed by atoms with Crippen LogP contribution in [0.25, 0.3) is 10.9 Å². The van der Waals surface area contributed by atoms with E-state index in [9.17, 15) is 9.59 Å². The first-order valence-corrected chi connectivity index (χ1v) is 9.27. The second-order valence-electron chi connectivity index (χ2n) is 6.10. The molecular formula is C20H21NO3S. The van der Waals surface area contributed by atoms with Gasteiger partial charge in [-0.25, -0.2) is 0 Å². The molecule has 2 heterocycles. The van der Waals surface area contributed by atoms with Crippen molar-refractivity contribution in [3.63, 3.8) is 0 Å². The van der Waals surface area contributed by atoms with Crippen molar-refractivity contribution < 1.29 is 14.3 Å². The van der Waals surface area contributed by atoms with E-state index in [0.29, 0.717) is 12.0 Å². The van der Waals surface area contributed by atoms with Crippen LogP contribution in [-0.2, 0) is 16.0 Å². The lowest BCUT2D eigenvalue weighted by atomic mass is 10.0. The van der Waals surface area contributed by atoms with Crippen molar-refractivity contribution >= 4 is 34.0 Å². The zero-order chi connectivity index (χ0) is 17.8. The Balaban J connectivity index is 1.60. The number of H-pyrrole nitrogens is 1. The fraction of sp³-hybridized carbons (Fsp3) is 0.300. The highest BCUT2D eigenvalue weighted by Gasteiger charge is 2.24. The molecule has 25 heavy (non-hydrogen) atoms. The van der Waals surface area contributed by atoms with Gasteiger partial charge in [0.1, 0.15) is 0 Å². The number of aromatic amines is 1. The molecule has 0 fully saturated rings. The van der Waals surface area contributed by atoms with E-state index in [1.165, 1.54) is 4.88 Å². The van der Waals surface area contributed by atoms with Crippen LogP contribution in [0.2, 0.25) is 0 Å². The molecule has 0 spiro atoms. The molecule has 0 bridgehead atoms. The van der Waals surface area contributed by atoms with Gasteiger partial charge in [-0.1, -0.05) is 24.3 Å². The predicted molar refractivity (Wildman–Crippen MR) is 100 cm³/mol. The van der Waals surface area contributed by atoms with Gasteiger partial charge in [-0.3, -0.25) is 9.59 Å². The minimum absolute atomic E-state index is 0.165. The molecular weight excluding hydrogens is 334 g/mol. The van der Waals surface area contributed by atoms with Crippen molar-refractivity contribution in [1.29, 1.82) is 0 Å². The minimum Gasteiger partial charge on any atom is -0.454 e. The van der Waals surface area contributed by atoms with Gasteiger partial charge in [-0.15, -0.1) is 11.3 Å². The number of para-hydroxylation sites is 1. The molecule has 0 aliphatic carbocycles. The van der Waals surface area contributed by atoms with Crippen molar-refractivity contribution in [2.24, 2.45) is 0 Å². The summed E-state index contributed by atoms with van der Waals surface area (Å²) in [4.78, 5) is 29.2. The molecule has 2 aromatic heterocycles. The summed E-state index contributed by atoms with van der Waals surface area (Å²) in [5.74, 6) is -0.489. The van der Waals surface area contributed by atoms with E-state index in [1.54, 1.807) is 18.3 Å². The predicted octanol–water partition coefficient (Wildman–Crippen LogP) is 4.68. The summed E-state index contributed by atoms with van der Waals surface area (Å²) in [7, 11) is 0. The number of ether oxygens (including phenoxy) is 1. The molecule has 0 saturated heterocycles. The number of carbonyl (C=O) groups is 2. The van der Waals surface area contributed by atoms with Crippen molar-refractivity contribution in [1.82, 2.24) is 4.98 Å². The average molecular weight is 355 g/mol. The third-order valence-electron chi connectivity index (χ3n) is 4.20. The maximum absolute atomic E-state index is 12.7. The van der Waals surface area contributed by atoms with Crippen LogP contribution in [0.1, 0.15) is 40.7 Å². The van der Waals surface area contributed by atoms with Gasteiger partial charge in [0.2, 0.25) is 5.78 Å². The van der Waals surface area contributed by atoms with E-state index in [-0.39, 0.29) is 11.8 Å². The van der Waals surface area contributed by atoms with Crippen LogP contribution < -0.4 is 0 Å². The van der Waals surface area contributed by atoms with Gasteiger partial charge in [-0.05, 0) is 44.2 Å². The van der Waals surface area contributed by atoms with Crippen LogP contribution in [0.3, 0.4) is 0 Å². The number of esters is 1. The van der Waals surface area contributed by atoms with Crippen LogP contribution in [0.5, 0.6) is 0 Å². The molecule has 4 nitrogen and oxygen atoms in total. The summed E-state index contributed by atoms with van der Waals surface area (Å²) in [5, 5.41) is 2.89. The Bertz CT molecular complexity index is 880. The number of benzene rings is 1. The number of Topliss-reactive ketones (excluding diaryl/α,β-unsaturated/α-hetero) is 1. The second-order valence-corrected chi connectivity index (χ2v) is 7.13. The molecule has 1 atom stereocenters. The SMILES string of the molecule is Cc1[nH]c2ccccc2c1C(=O)[C@H](C)OC(=O)CCCc1cccs1. The van der Waals surface area contributed by atoms with Crippen LogP contribution in [0, 0.1) is 6.92 Å². The Hall–Kier alpha value is -2.40. The van der Waals surface area contributed by atoms with E-state index in [4.69, 9.17) is 4.74 Å². The molecule has 3 aromatic rings. The fourth-order valence-electron chi connectivity index (χ4n) is 2.97. The number of hydrogen-bond donors (Lipinski definition) is 1. The van der Waals surface area contributed by atoms with Gasteiger partial charge < -0.3 is 9.72 Å². The molecule has 0 aliphatic heterocycles. The number of hydrogen-bond acceptors (Lipinski definition) is 4. The molecule has 1 aromatic carbocycles. The summed E-state index contributed by atoms with van der Waals surface area (Å²) in [6, 6.07) is 11.7. The van der Waals surface area contributed by atoms with Gasteiger partial charge in [0, 0.05) is 33.5 Å². The highest BCUT2D eigenvalue weighted by Crippen LogP contribution is 2.24. The van der Waals surface area contributed by atoms with E-state index >= 15 is 0 Å². The number of rotatable bonds is 7. The number of nitrogens with one attached hydrogen (secondary N) is 1. The Labute approximate surface area is 150 Å². The number of carbonyl (C=O) groups excluding carboxylic acids is 2. The second kappa shape index (κ2) is 7.66. The molecule has 130 valence electrons. The summed E-state index contributed by atoms with van der Waals surface area (Å²) in [6.07, 6.45) is 1.12. The highest BCUT2D eigenvalue weighted by molar-refractivity contribution is 7.09. The first-order valence-electron chi connectivity index (χ1n) is 8.39. The Morgan fingerprint density at radius 1 is 1.20 bits per heavy atom. The summed E-state index contributed by atoms with van der Waals surface area (Å²) in [5.41, 5.74) is 2.32. The quantitative estimate of drug-likeness (QED) is 0.495. The van der Waals surface area contributed by atoms with Gasteiger partial charge in [-0.2, -0.15) is 0 Å². The van der Waals surface area contributed by atoms with E-state index in [2.05, 4.69) is 11.1 Å². The standard InChI is InChI=1S/C20H21NO3S/c1-13-19(16-9-3-4-10-17(16)21-13)20(23)14(2)24-18(22)11-5-7-15-8-6-12-25-15/h3-4,6,8-10,12,14,21H,5,7,11H2,1-2H3/t14-/m0/s1. The lowest BCUT2D eigenvalue weighted by molar-refractivity contribution is -0.146. The maximum atomic E-state index is 12.7. The molecule has 0 saturated carbocycles. The number of fused-ring (bicyclic) bond motifs is 1. The van der Waals surface area contributed by atoms with Crippen LogP contribution in [0.4, 0.5) is 0 Å². The molecule has 0 amide bonds. The van der Waals surface area contributed by atoms with Crippen molar-refractivity contribution in [2.75, 3.05) is 0 Å². The lowest BCUT2D eigenvalue weighted by Crippen LogP contribution is -2.24. The Morgan fingerprint density at radius 2 is 2.00 bits per heavy atom. The number of thiophene rings is 1. The Kier molecular flexibility index (Phi) is 5.34. The highest BCUT2D eigenvalue weighted by atomic mass is 32.1. The molecule has 3 rings (SSSR count). The Morgan fingerprint density at radius 3 is 2.76 bits per heavy atom. The van der Waals surface area contributed by atoms with Gasteiger partial charge in [0.25, 0.3) is 0 Å². The van der Waals surface area contributed by atoms with Gasteiger partial charge >= 0.3 is 5.97 Å². The molecule has 1 N–H and O–H groups in total. The van der Waals surface area contributed by atoms with Crippen molar-refractivity contribution in [2.45, 2.75) is 39.2 Å². The van der Waals surface area contributed by atoms with Crippen molar-refractivity contribution in [3.8, 4) is 0 Å².